The third kappa shape index (κ3) is 2.28. The number of hydrogen-bond acceptors (Lipinski definition) is 4. The van der Waals surface area contributed by atoms with Gasteiger partial charge in [0.2, 0.25) is 5.76 Å². The number of fused-ring (bicyclic) bond motifs is 1. The fourth-order valence-corrected chi connectivity index (χ4v) is 2.29. The van der Waals surface area contributed by atoms with Crippen molar-refractivity contribution in [3.8, 4) is 0 Å². The summed E-state index contributed by atoms with van der Waals surface area (Å²) in [5, 5.41) is 11.9. The first-order valence-corrected chi connectivity index (χ1v) is 6.42. The highest BCUT2D eigenvalue weighted by molar-refractivity contribution is 6.30. The van der Waals surface area contributed by atoms with Crippen LogP contribution in [0.2, 0.25) is 5.02 Å². The average molecular weight is 302 g/mol. The van der Waals surface area contributed by atoms with Gasteiger partial charge in [0.05, 0.1) is 16.1 Å². The molecule has 0 aromatic heterocycles. The lowest BCUT2D eigenvalue weighted by atomic mass is 10.0. The number of benzene rings is 2. The van der Waals surface area contributed by atoms with Crippen molar-refractivity contribution in [2.75, 3.05) is 0 Å². The maximum Gasteiger partial charge on any atom is 0.344 e. The number of ether oxygens (including phenoxy) is 1. The molecule has 0 amide bonds. The summed E-state index contributed by atoms with van der Waals surface area (Å²) in [5.74, 6) is -0.628. The summed E-state index contributed by atoms with van der Waals surface area (Å²) in [6.45, 7) is 0. The van der Waals surface area contributed by atoms with E-state index >= 15 is 0 Å². The van der Waals surface area contributed by atoms with Crippen LogP contribution >= 0.6 is 11.6 Å². The van der Waals surface area contributed by atoms with E-state index < -0.39 is 10.9 Å². The van der Waals surface area contributed by atoms with Gasteiger partial charge in [0, 0.05) is 10.6 Å². The molecule has 0 fully saturated rings. The Morgan fingerprint density at radius 1 is 1.05 bits per heavy atom. The van der Waals surface area contributed by atoms with Crippen LogP contribution in [-0.4, -0.2) is 10.9 Å². The zero-order valence-electron chi connectivity index (χ0n) is 10.6. The second-order valence-corrected chi connectivity index (χ2v) is 4.81. The average Bonchev–Trinajstić information content (AvgIpc) is 2.79. The molecule has 0 saturated carbocycles. The maximum atomic E-state index is 11.8. The van der Waals surface area contributed by atoms with Crippen LogP contribution in [0.1, 0.15) is 21.5 Å². The van der Waals surface area contributed by atoms with Gasteiger partial charge in [-0.05, 0) is 30.3 Å². The highest BCUT2D eigenvalue weighted by Gasteiger charge is 2.34. The molecule has 0 unspecified atom stereocenters. The molecule has 1 heterocycles. The fourth-order valence-electron chi connectivity index (χ4n) is 2.16. The lowest BCUT2D eigenvalue weighted by Crippen LogP contribution is -2.02. The topological polar surface area (TPSA) is 69.4 Å². The number of carbonyl (C=O) groups is 1. The molecular weight excluding hydrogens is 294 g/mol. The number of hydrogen-bond donors (Lipinski definition) is 0. The molecule has 2 aromatic carbocycles. The number of esters is 1. The fraction of sp³-hybridized carbons (Fsp3) is 0. The van der Waals surface area contributed by atoms with E-state index in [9.17, 15) is 14.9 Å². The minimum atomic E-state index is -0.589. The van der Waals surface area contributed by atoms with Gasteiger partial charge in [-0.3, -0.25) is 10.1 Å². The minimum Gasteiger partial charge on any atom is -0.415 e. The lowest BCUT2D eigenvalue weighted by Gasteiger charge is -2.03. The van der Waals surface area contributed by atoms with E-state index in [2.05, 4.69) is 0 Å². The van der Waals surface area contributed by atoms with Gasteiger partial charge in [-0.15, -0.1) is 0 Å². The molecule has 0 bridgehead atoms. The summed E-state index contributed by atoms with van der Waals surface area (Å²) in [7, 11) is 0. The molecule has 21 heavy (non-hydrogen) atoms. The van der Waals surface area contributed by atoms with Crippen LogP contribution in [0.25, 0.3) is 11.5 Å². The second-order valence-electron chi connectivity index (χ2n) is 4.38. The molecule has 104 valence electrons. The molecule has 0 saturated heterocycles. The minimum absolute atomic E-state index is 0.0390. The van der Waals surface area contributed by atoms with Gasteiger partial charge in [0.25, 0.3) is 0 Å². The predicted octanol–water partition coefficient (Wildman–Crippen LogP) is 3.61. The molecule has 2 aromatic rings. The summed E-state index contributed by atoms with van der Waals surface area (Å²) >= 11 is 5.79. The van der Waals surface area contributed by atoms with Gasteiger partial charge in [-0.25, -0.2) is 4.79 Å². The molecular formula is C15H8ClNO4. The van der Waals surface area contributed by atoms with Crippen LogP contribution < -0.4 is 0 Å². The van der Waals surface area contributed by atoms with Crippen LogP contribution in [0.5, 0.6) is 0 Å². The molecule has 1 aliphatic rings. The van der Waals surface area contributed by atoms with E-state index in [-0.39, 0.29) is 11.5 Å². The van der Waals surface area contributed by atoms with Gasteiger partial charge < -0.3 is 4.74 Å². The first-order valence-electron chi connectivity index (χ1n) is 6.04. The molecule has 0 N–H and O–H groups in total. The first-order chi connectivity index (χ1) is 10.1. The number of cyclic esters (lactones) is 1. The molecule has 0 spiro atoms. The van der Waals surface area contributed by atoms with E-state index in [1.165, 1.54) is 12.1 Å². The summed E-state index contributed by atoms with van der Waals surface area (Å²) < 4.78 is 5.11. The Balaban J connectivity index is 2.25. The Morgan fingerprint density at radius 3 is 2.29 bits per heavy atom. The highest BCUT2D eigenvalue weighted by atomic mass is 35.5. The number of nitro groups is 1. The third-order valence-corrected chi connectivity index (χ3v) is 3.35. The van der Waals surface area contributed by atoms with Gasteiger partial charge in [-0.1, -0.05) is 29.8 Å². The van der Waals surface area contributed by atoms with Crippen molar-refractivity contribution >= 4 is 29.0 Å². The SMILES string of the molecule is O=C1O/C(=C(/c2ccc(Cl)cc2)[N+](=O)[O-])c2ccccc21. The number of nitrogens with zero attached hydrogens (tertiary/aromatic N) is 1. The molecule has 1 aliphatic heterocycles. The van der Waals surface area contributed by atoms with Crippen molar-refractivity contribution in [2.24, 2.45) is 0 Å². The van der Waals surface area contributed by atoms with Crippen molar-refractivity contribution in [3.05, 3.63) is 80.4 Å². The largest absolute Gasteiger partial charge is 0.415 e. The van der Waals surface area contributed by atoms with E-state index in [4.69, 9.17) is 16.3 Å². The third-order valence-electron chi connectivity index (χ3n) is 3.10. The van der Waals surface area contributed by atoms with E-state index in [0.717, 1.165) is 0 Å². The quantitative estimate of drug-likeness (QED) is 0.482. The molecule has 0 atom stereocenters. The monoisotopic (exact) mass is 301 g/mol. The number of rotatable bonds is 2. The Hall–Kier alpha value is -2.66. The number of halogens is 1. The van der Waals surface area contributed by atoms with Crippen molar-refractivity contribution in [1.82, 2.24) is 0 Å². The van der Waals surface area contributed by atoms with Crippen LogP contribution in [-0.2, 0) is 4.74 Å². The zero-order chi connectivity index (χ0) is 15.0. The Morgan fingerprint density at radius 2 is 1.67 bits per heavy atom. The molecule has 5 nitrogen and oxygen atoms in total. The van der Waals surface area contributed by atoms with E-state index in [0.29, 0.717) is 21.7 Å². The van der Waals surface area contributed by atoms with E-state index in [1.54, 1.807) is 36.4 Å². The second kappa shape index (κ2) is 5.03. The van der Waals surface area contributed by atoms with Crippen molar-refractivity contribution < 1.29 is 14.5 Å². The van der Waals surface area contributed by atoms with Crippen LogP contribution in [0.15, 0.2) is 48.5 Å². The first kappa shape index (κ1) is 13.3. The normalized spacial score (nSPS) is 15.4. The summed E-state index contributed by atoms with van der Waals surface area (Å²) in [6, 6.07) is 12.7. The molecule has 0 aliphatic carbocycles. The van der Waals surface area contributed by atoms with Gasteiger partial charge in [0.15, 0.2) is 0 Å². The van der Waals surface area contributed by atoms with Crippen molar-refractivity contribution in [2.45, 2.75) is 0 Å². The van der Waals surface area contributed by atoms with Gasteiger partial charge in [0.1, 0.15) is 0 Å². The summed E-state index contributed by atoms with van der Waals surface area (Å²) in [6.07, 6.45) is 0. The van der Waals surface area contributed by atoms with Crippen LogP contribution in [0, 0.1) is 10.1 Å². The van der Waals surface area contributed by atoms with Crippen LogP contribution in [0.3, 0.4) is 0 Å². The Labute approximate surface area is 124 Å². The lowest BCUT2D eigenvalue weighted by molar-refractivity contribution is -0.375. The van der Waals surface area contributed by atoms with Crippen molar-refractivity contribution in [3.63, 3.8) is 0 Å². The molecule has 6 heteroatoms. The molecule has 0 radical (unpaired) electrons. The summed E-state index contributed by atoms with van der Waals surface area (Å²) in [5.41, 5.74) is 0.804. The number of carbonyl (C=O) groups excluding carboxylic acids is 1. The predicted molar refractivity (Wildman–Crippen MR) is 77.1 cm³/mol. The smallest absolute Gasteiger partial charge is 0.344 e. The Bertz CT molecular complexity index is 781. The van der Waals surface area contributed by atoms with Crippen molar-refractivity contribution in [1.29, 1.82) is 0 Å². The Kier molecular flexibility index (Phi) is 3.19. The highest BCUT2D eigenvalue weighted by Crippen LogP contribution is 2.36. The maximum absolute atomic E-state index is 11.8. The van der Waals surface area contributed by atoms with E-state index in [1.807, 2.05) is 0 Å². The van der Waals surface area contributed by atoms with Crippen LogP contribution in [0.4, 0.5) is 0 Å². The van der Waals surface area contributed by atoms with Gasteiger partial charge in [-0.2, -0.15) is 0 Å². The zero-order valence-corrected chi connectivity index (χ0v) is 11.3. The summed E-state index contributed by atoms with van der Waals surface area (Å²) in [4.78, 5) is 22.6. The standard InChI is InChI=1S/C15H8ClNO4/c16-10-7-5-9(6-8-10)13(17(19)20)14-11-3-1-2-4-12(11)15(18)21-14/h1-8H/b14-13-. The molecule has 3 rings (SSSR count). The van der Waals surface area contributed by atoms with Gasteiger partial charge >= 0.3 is 11.7 Å².